The first kappa shape index (κ1) is 13.4. The fourth-order valence-electron chi connectivity index (χ4n) is 3.11. The van der Waals surface area contributed by atoms with Crippen LogP contribution in [-0.2, 0) is 9.59 Å². The Morgan fingerprint density at radius 1 is 1.33 bits per heavy atom. The summed E-state index contributed by atoms with van der Waals surface area (Å²) in [7, 11) is 0. The number of piperazine rings is 1. The molecule has 2 fully saturated rings. The first-order valence-electron chi connectivity index (χ1n) is 7.08. The molecule has 1 saturated carbocycles. The SMILES string of the molecule is CCC1C(=O)NC(C(C)C)C(=O)N1C1CC(C)C1. The van der Waals surface area contributed by atoms with Gasteiger partial charge in [-0.2, -0.15) is 0 Å². The molecule has 4 heteroatoms. The average Bonchev–Trinajstić information content (AvgIpc) is 2.27. The minimum Gasteiger partial charge on any atom is -0.342 e. The maximum atomic E-state index is 12.5. The van der Waals surface area contributed by atoms with Gasteiger partial charge in [0, 0.05) is 6.04 Å². The lowest BCUT2D eigenvalue weighted by Gasteiger charge is -2.49. The van der Waals surface area contributed by atoms with Crippen LogP contribution in [0.2, 0.25) is 0 Å². The highest BCUT2D eigenvalue weighted by Gasteiger charge is 2.46. The summed E-state index contributed by atoms with van der Waals surface area (Å²) in [6, 6.07) is -0.314. The van der Waals surface area contributed by atoms with Crippen LogP contribution in [0.25, 0.3) is 0 Å². The average molecular weight is 252 g/mol. The molecule has 4 nitrogen and oxygen atoms in total. The molecular weight excluding hydrogens is 228 g/mol. The highest BCUT2D eigenvalue weighted by molar-refractivity contribution is 5.97. The Bertz CT molecular complexity index is 348. The van der Waals surface area contributed by atoms with Gasteiger partial charge in [0.05, 0.1) is 0 Å². The number of carbonyl (C=O) groups excluding carboxylic acids is 2. The normalized spacial score (nSPS) is 36.6. The van der Waals surface area contributed by atoms with Crippen LogP contribution in [0.15, 0.2) is 0 Å². The first-order chi connectivity index (χ1) is 8.45. The summed E-state index contributed by atoms with van der Waals surface area (Å²) >= 11 is 0. The van der Waals surface area contributed by atoms with Gasteiger partial charge >= 0.3 is 0 Å². The van der Waals surface area contributed by atoms with Gasteiger partial charge in [0.25, 0.3) is 0 Å². The van der Waals surface area contributed by atoms with Crippen LogP contribution in [0.4, 0.5) is 0 Å². The van der Waals surface area contributed by atoms with Crippen molar-refractivity contribution in [2.45, 2.75) is 65.1 Å². The molecule has 1 N–H and O–H groups in total. The Kier molecular flexibility index (Phi) is 3.64. The number of amides is 2. The van der Waals surface area contributed by atoms with Crippen molar-refractivity contribution in [2.75, 3.05) is 0 Å². The molecule has 0 radical (unpaired) electrons. The molecule has 2 rings (SSSR count). The number of nitrogens with zero attached hydrogens (tertiary/aromatic N) is 1. The molecule has 0 bridgehead atoms. The van der Waals surface area contributed by atoms with Crippen LogP contribution in [0, 0.1) is 11.8 Å². The predicted octanol–water partition coefficient (Wildman–Crippen LogP) is 1.55. The van der Waals surface area contributed by atoms with Crippen LogP contribution in [0.3, 0.4) is 0 Å². The Morgan fingerprint density at radius 2 is 1.94 bits per heavy atom. The van der Waals surface area contributed by atoms with E-state index in [-0.39, 0.29) is 35.9 Å². The fourth-order valence-corrected chi connectivity index (χ4v) is 3.11. The third-order valence-electron chi connectivity index (χ3n) is 4.25. The second-order valence-corrected chi connectivity index (χ2v) is 6.13. The third-order valence-corrected chi connectivity index (χ3v) is 4.25. The van der Waals surface area contributed by atoms with E-state index in [9.17, 15) is 9.59 Å². The van der Waals surface area contributed by atoms with Gasteiger partial charge in [-0.1, -0.05) is 27.7 Å². The Morgan fingerprint density at radius 3 is 2.39 bits per heavy atom. The van der Waals surface area contributed by atoms with Gasteiger partial charge in [-0.3, -0.25) is 9.59 Å². The zero-order valence-electron chi connectivity index (χ0n) is 11.8. The first-order valence-corrected chi connectivity index (χ1v) is 7.08. The molecule has 0 aromatic heterocycles. The van der Waals surface area contributed by atoms with Crippen LogP contribution < -0.4 is 5.32 Å². The van der Waals surface area contributed by atoms with Crippen molar-refractivity contribution in [1.29, 1.82) is 0 Å². The van der Waals surface area contributed by atoms with E-state index in [4.69, 9.17) is 0 Å². The predicted molar refractivity (Wildman–Crippen MR) is 69.9 cm³/mol. The molecule has 0 aromatic carbocycles. The van der Waals surface area contributed by atoms with Crippen LogP contribution in [0.1, 0.15) is 47.0 Å². The lowest BCUT2D eigenvalue weighted by molar-refractivity contribution is -0.156. The minimum absolute atomic E-state index is 0.0235. The molecular formula is C14H24N2O2. The van der Waals surface area contributed by atoms with E-state index in [1.165, 1.54) is 0 Å². The van der Waals surface area contributed by atoms with E-state index in [0.717, 1.165) is 12.8 Å². The highest BCUT2D eigenvalue weighted by Crippen LogP contribution is 2.34. The van der Waals surface area contributed by atoms with E-state index in [1.54, 1.807) is 0 Å². The Balaban J connectivity index is 2.20. The Labute approximate surface area is 109 Å². The van der Waals surface area contributed by atoms with Gasteiger partial charge in [0.2, 0.25) is 11.8 Å². The summed E-state index contributed by atoms with van der Waals surface area (Å²) in [5.41, 5.74) is 0. The van der Waals surface area contributed by atoms with E-state index in [1.807, 2.05) is 25.7 Å². The van der Waals surface area contributed by atoms with Crippen molar-refractivity contribution in [3.05, 3.63) is 0 Å². The second-order valence-electron chi connectivity index (χ2n) is 6.13. The van der Waals surface area contributed by atoms with Gasteiger partial charge in [-0.05, 0) is 31.1 Å². The van der Waals surface area contributed by atoms with Crippen molar-refractivity contribution in [1.82, 2.24) is 10.2 Å². The zero-order chi connectivity index (χ0) is 13.4. The minimum atomic E-state index is -0.337. The summed E-state index contributed by atoms with van der Waals surface area (Å²) in [4.78, 5) is 26.5. The van der Waals surface area contributed by atoms with E-state index < -0.39 is 0 Å². The van der Waals surface area contributed by atoms with Gasteiger partial charge in [0.15, 0.2) is 0 Å². The number of hydrogen-bond donors (Lipinski definition) is 1. The molecule has 1 heterocycles. The fraction of sp³-hybridized carbons (Fsp3) is 0.857. The molecule has 1 aliphatic carbocycles. The van der Waals surface area contributed by atoms with Gasteiger partial charge < -0.3 is 10.2 Å². The number of hydrogen-bond acceptors (Lipinski definition) is 2. The molecule has 2 atom stereocenters. The van der Waals surface area contributed by atoms with E-state index in [2.05, 4.69) is 12.2 Å². The van der Waals surface area contributed by atoms with Crippen LogP contribution in [-0.4, -0.2) is 34.8 Å². The standard InChI is InChI=1S/C14H24N2O2/c1-5-11-13(17)15-12(8(2)3)14(18)16(11)10-6-9(4)7-10/h8-12H,5-7H2,1-4H3,(H,15,17). The summed E-state index contributed by atoms with van der Waals surface area (Å²) in [5, 5.41) is 2.88. The van der Waals surface area contributed by atoms with Gasteiger partial charge in [-0.25, -0.2) is 0 Å². The molecule has 2 unspecified atom stereocenters. The van der Waals surface area contributed by atoms with Gasteiger partial charge in [0.1, 0.15) is 12.1 Å². The summed E-state index contributed by atoms with van der Waals surface area (Å²) in [6.45, 7) is 8.14. The molecule has 1 aliphatic heterocycles. The maximum Gasteiger partial charge on any atom is 0.246 e. The molecule has 1 saturated heterocycles. The summed E-state index contributed by atoms with van der Waals surface area (Å²) in [5.74, 6) is 0.978. The molecule has 2 aliphatic rings. The molecule has 102 valence electrons. The highest BCUT2D eigenvalue weighted by atomic mass is 16.2. The molecule has 0 aromatic rings. The number of rotatable bonds is 3. The molecule has 18 heavy (non-hydrogen) atoms. The lowest BCUT2D eigenvalue weighted by atomic mass is 9.79. The van der Waals surface area contributed by atoms with E-state index in [0.29, 0.717) is 12.3 Å². The largest absolute Gasteiger partial charge is 0.342 e. The maximum absolute atomic E-state index is 12.5. The van der Waals surface area contributed by atoms with E-state index >= 15 is 0 Å². The second kappa shape index (κ2) is 4.90. The molecule has 2 amide bonds. The quantitative estimate of drug-likeness (QED) is 0.828. The lowest BCUT2D eigenvalue weighted by Crippen LogP contribution is -2.68. The topological polar surface area (TPSA) is 49.4 Å². The van der Waals surface area contributed by atoms with Crippen molar-refractivity contribution >= 4 is 11.8 Å². The third kappa shape index (κ3) is 2.13. The zero-order valence-corrected chi connectivity index (χ0v) is 11.8. The van der Waals surface area contributed by atoms with Crippen molar-refractivity contribution in [3.8, 4) is 0 Å². The van der Waals surface area contributed by atoms with Crippen molar-refractivity contribution < 1.29 is 9.59 Å². The van der Waals surface area contributed by atoms with Crippen LogP contribution in [0.5, 0.6) is 0 Å². The van der Waals surface area contributed by atoms with Crippen LogP contribution >= 0.6 is 0 Å². The number of carbonyl (C=O) groups is 2. The van der Waals surface area contributed by atoms with Gasteiger partial charge in [-0.15, -0.1) is 0 Å². The van der Waals surface area contributed by atoms with Crippen molar-refractivity contribution in [2.24, 2.45) is 11.8 Å². The summed E-state index contributed by atoms with van der Waals surface area (Å²) in [6.07, 6.45) is 2.79. The Hall–Kier alpha value is -1.06. The summed E-state index contributed by atoms with van der Waals surface area (Å²) < 4.78 is 0. The smallest absolute Gasteiger partial charge is 0.246 e. The monoisotopic (exact) mass is 252 g/mol. The number of nitrogens with one attached hydrogen (secondary N) is 1. The molecule has 0 spiro atoms. The van der Waals surface area contributed by atoms with Crippen molar-refractivity contribution in [3.63, 3.8) is 0 Å².